The van der Waals surface area contributed by atoms with E-state index in [-0.39, 0.29) is 18.5 Å². The molecule has 0 saturated carbocycles. The Hall–Kier alpha value is -1.90. The molecule has 1 saturated heterocycles. The van der Waals surface area contributed by atoms with Gasteiger partial charge >= 0.3 is 0 Å². The standard InChI is InChI=1S/C15H20ClN5O3/c1-9-17-18-14(24-9)8-20(3)12-6-21(7-13(12)22)15(23)11-4-10(16)5-19(11)2/h4-5,12-13,22H,6-8H2,1-3H3/t12-,13+/m0/s1. The number of carbonyl (C=O) groups excluding carboxylic acids is 1. The average Bonchev–Trinajstić information content (AvgIpc) is 3.18. The van der Waals surface area contributed by atoms with Crippen LogP contribution < -0.4 is 0 Å². The normalized spacial score (nSPS) is 21.0. The first-order valence-electron chi connectivity index (χ1n) is 7.63. The third kappa shape index (κ3) is 3.31. The summed E-state index contributed by atoms with van der Waals surface area (Å²) in [7, 11) is 3.63. The summed E-state index contributed by atoms with van der Waals surface area (Å²) in [6, 6.07) is 1.44. The quantitative estimate of drug-likeness (QED) is 0.870. The molecule has 2 aromatic rings. The minimum Gasteiger partial charge on any atom is -0.424 e. The molecule has 3 rings (SSSR count). The van der Waals surface area contributed by atoms with Gasteiger partial charge in [0.25, 0.3) is 5.91 Å². The molecule has 0 radical (unpaired) electrons. The van der Waals surface area contributed by atoms with Gasteiger partial charge in [0.05, 0.1) is 23.7 Å². The zero-order chi connectivity index (χ0) is 17.4. The van der Waals surface area contributed by atoms with Crippen molar-refractivity contribution in [3.8, 4) is 0 Å². The maximum absolute atomic E-state index is 12.6. The molecule has 1 N–H and O–H groups in total. The molecule has 0 aliphatic carbocycles. The first-order chi connectivity index (χ1) is 11.3. The van der Waals surface area contributed by atoms with Crippen molar-refractivity contribution < 1.29 is 14.3 Å². The number of aromatic nitrogens is 3. The zero-order valence-corrected chi connectivity index (χ0v) is 14.6. The number of β-amino-alcohol motifs (C(OH)–C–C–N with tert-alkyl or cyclic N) is 1. The predicted octanol–water partition coefficient (Wildman–Crippen LogP) is 0.687. The topological polar surface area (TPSA) is 87.6 Å². The van der Waals surface area contributed by atoms with Crippen LogP contribution in [-0.2, 0) is 13.6 Å². The van der Waals surface area contributed by atoms with Crippen molar-refractivity contribution in [1.29, 1.82) is 0 Å². The second-order valence-electron chi connectivity index (χ2n) is 6.13. The Morgan fingerprint density at radius 3 is 2.83 bits per heavy atom. The van der Waals surface area contributed by atoms with E-state index in [0.29, 0.717) is 35.6 Å². The Kier molecular flexibility index (Phi) is 4.62. The lowest BCUT2D eigenvalue weighted by Gasteiger charge is -2.24. The lowest BCUT2D eigenvalue weighted by Crippen LogP contribution is -2.40. The number of hydrogen-bond acceptors (Lipinski definition) is 6. The second-order valence-corrected chi connectivity index (χ2v) is 6.57. The fourth-order valence-electron chi connectivity index (χ4n) is 3.00. The number of hydrogen-bond donors (Lipinski definition) is 1. The molecule has 1 aliphatic rings. The maximum atomic E-state index is 12.6. The van der Waals surface area contributed by atoms with Gasteiger partial charge in [-0.25, -0.2) is 0 Å². The molecule has 0 bridgehead atoms. The Morgan fingerprint density at radius 2 is 2.25 bits per heavy atom. The first-order valence-corrected chi connectivity index (χ1v) is 8.01. The van der Waals surface area contributed by atoms with Crippen molar-refractivity contribution in [3.63, 3.8) is 0 Å². The highest BCUT2D eigenvalue weighted by atomic mass is 35.5. The van der Waals surface area contributed by atoms with Gasteiger partial charge in [-0.05, 0) is 13.1 Å². The lowest BCUT2D eigenvalue weighted by molar-refractivity contribution is 0.0753. The van der Waals surface area contributed by atoms with Crippen molar-refractivity contribution in [2.24, 2.45) is 7.05 Å². The summed E-state index contributed by atoms with van der Waals surface area (Å²) in [5.41, 5.74) is 0.503. The number of aliphatic hydroxyl groups excluding tert-OH is 1. The summed E-state index contributed by atoms with van der Waals surface area (Å²) in [6.07, 6.45) is 1.04. The van der Waals surface area contributed by atoms with Crippen LogP contribution in [0.1, 0.15) is 22.3 Å². The van der Waals surface area contributed by atoms with Gasteiger partial charge in [-0.1, -0.05) is 11.6 Å². The van der Waals surface area contributed by atoms with Crippen LogP contribution in [-0.4, -0.2) is 67.9 Å². The molecule has 2 atom stereocenters. The first kappa shape index (κ1) is 16.9. The second kappa shape index (κ2) is 6.54. The van der Waals surface area contributed by atoms with Crippen LogP contribution in [0.15, 0.2) is 16.7 Å². The van der Waals surface area contributed by atoms with Crippen LogP contribution in [0.2, 0.25) is 5.02 Å². The smallest absolute Gasteiger partial charge is 0.270 e. The Morgan fingerprint density at radius 1 is 1.50 bits per heavy atom. The van der Waals surface area contributed by atoms with Crippen molar-refractivity contribution in [1.82, 2.24) is 24.6 Å². The van der Waals surface area contributed by atoms with Gasteiger partial charge in [-0.15, -0.1) is 10.2 Å². The maximum Gasteiger partial charge on any atom is 0.270 e. The summed E-state index contributed by atoms with van der Waals surface area (Å²) in [6.45, 7) is 2.85. The molecule has 1 amide bonds. The van der Waals surface area contributed by atoms with E-state index in [4.69, 9.17) is 16.0 Å². The molecule has 130 valence electrons. The fourth-order valence-corrected chi connectivity index (χ4v) is 3.25. The van der Waals surface area contributed by atoms with Crippen LogP contribution in [0.4, 0.5) is 0 Å². The molecular formula is C15H20ClN5O3. The van der Waals surface area contributed by atoms with E-state index in [9.17, 15) is 9.90 Å². The minimum absolute atomic E-state index is 0.145. The van der Waals surface area contributed by atoms with Gasteiger partial charge in [0.2, 0.25) is 11.8 Å². The van der Waals surface area contributed by atoms with E-state index >= 15 is 0 Å². The van der Waals surface area contributed by atoms with Crippen LogP contribution >= 0.6 is 11.6 Å². The number of rotatable bonds is 4. The monoisotopic (exact) mass is 353 g/mol. The Balaban J connectivity index is 1.67. The van der Waals surface area contributed by atoms with Gasteiger partial charge in [0, 0.05) is 33.3 Å². The number of carbonyl (C=O) groups is 1. The average molecular weight is 354 g/mol. The van der Waals surface area contributed by atoms with Crippen LogP contribution in [0, 0.1) is 6.92 Å². The molecule has 24 heavy (non-hydrogen) atoms. The number of likely N-dealkylation sites (tertiary alicyclic amines) is 1. The Bertz CT molecular complexity index is 743. The van der Waals surface area contributed by atoms with E-state index in [0.717, 1.165) is 0 Å². The van der Waals surface area contributed by atoms with Gasteiger partial charge in [0.1, 0.15) is 5.69 Å². The van der Waals surface area contributed by atoms with Crippen molar-refractivity contribution in [2.45, 2.75) is 25.6 Å². The summed E-state index contributed by atoms with van der Waals surface area (Å²) in [5, 5.41) is 18.6. The largest absolute Gasteiger partial charge is 0.424 e. The number of halogens is 1. The van der Waals surface area contributed by atoms with Crippen LogP contribution in [0.3, 0.4) is 0 Å². The summed E-state index contributed by atoms with van der Waals surface area (Å²) in [5.74, 6) is 0.844. The number of aliphatic hydroxyl groups is 1. The van der Waals surface area contributed by atoms with E-state index in [1.807, 2.05) is 11.9 Å². The van der Waals surface area contributed by atoms with Gasteiger partial charge in [-0.2, -0.15) is 0 Å². The molecule has 9 heteroatoms. The van der Waals surface area contributed by atoms with Crippen molar-refractivity contribution in [2.75, 3.05) is 20.1 Å². The zero-order valence-electron chi connectivity index (χ0n) is 13.8. The van der Waals surface area contributed by atoms with E-state index in [1.165, 1.54) is 0 Å². The van der Waals surface area contributed by atoms with E-state index < -0.39 is 6.10 Å². The SMILES string of the molecule is Cc1nnc(CN(C)[C@H]2CN(C(=O)c3cc(Cl)cn3C)C[C@H]2O)o1. The number of nitrogens with zero attached hydrogens (tertiary/aromatic N) is 5. The molecule has 1 fully saturated rings. The molecule has 0 aromatic carbocycles. The summed E-state index contributed by atoms with van der Waals surface area (Å²) >= 11 is 5.94. The minimum atomic E-state index is -0.640. The van der Waals surface area contributed by atoms with Crippen LogP contribution in [0.5, 0.6) is 0 Å². The molecule has 0 spiro atoms. The highest BCUT2D eigenvalue weighted by Crippen LogP contribution is 2.21. The van der Waals surface area contributed by atoms with Crippen molar-refractivity contribution in [3.05, 3.63) is 34.8 Å². The summed E-state index contributed by atoms with van der Waals surface area (Å²) < 4.78 is 7.06. The molecule has 2 aromatic heterocycles. The molecule has 8 nitrogen and oxygen atoms in total. The molecule has 1 aliphatic heterocycles. The highest BCUT2D eigenvalue weighted by molar-refractivity contribution is 6.31. The lowest BCUT2D eigenvalue weighted by atomic mass is 10.2. The van der Waals surface area contributed by atoms with Crippen LogP contribution in [0.25, 0.3) is 0 Å². The van der Waals surface area contributed by atoms with Crippen molar-refractivity contribution >= 4 is 17.5 Å². The summed E-state index contributed by atoms with van der Waals surface area (Å²) in [4.78, 5) is 16.2. The molecule has 3 heterocycles. The number of aryl methyl sites for hydroxylation is 2. The molecular weight excluding hydrogens is 334 g/mol. The number of likely N-dealkylation sites (N-methyl/N-ethyl adjacent to an activating group) is 1. The van der Waals surface area contributed by atoms with E-state index in [1.54, 1.807) is 35.7 Å². The third-order valence-electron chi connectivity index (χ3n) is 4.26. The van der Waals surface area contributed by atoms with E-state index in [2.05, 4.69) is 10.2 Å². The van der Waals surface area contributed by atoms with Gasteiger partial charge in [0.15, 0.2) is 0 Å². The highest BCUT2D eigenvalue weighted by Gasteiger charge is 2.37. The predicted molar refractivity (Wildman–Crippen MR) is 86.6 cm³/mol. The Labute approximate surface area is 144 Å². The third-order valence-corrected chi connectivity index (χ3v) is 4.46. The van der Waals surface area contributed by atoms with Gasteiger partial charge < -0.3 is 19.0 Å². The molecule has 0 unspecified atom stereocenters. The fraction of sp³-hybridized carbons (Fsp3) is 0.533. The van der Waals surface area contributed by atoms with Gasteiger partial charge in [-0.3, -0.25) is 9.69 Å². The number of amides is 1.